The molecule has 2 heteroatoms. The molecular formula is C20H20O2. The molecule has 0 aromatic heterocycles. The maximum absolute atomic E-state index is 12.9. The molecule has 112 valence electrons. The predicted octanol–water partition coefficient (Wildman–Crippen LogP) is 4.20. The maximum Gasteiger partial charge on any atom is 0.194 e. The van der Waals surface area contributed by atoms with Crippen LogP contribution in [-0.4, -0.2) is 11.6 Å². The van der Waals surface area contributed by atoms with Crippen molar-refractivity contribution < 1.29 is 9.59 Å². The number of fused-ring (bicyclic) bond motifs is 2. The van der Waals surface area contributed by atoms with Crippen molar-refractivity contribution in [1.82, 2.24) is 0 Å². The zero-order chi connectivity index (χ0) is 16.0. The molecule has 1 aliphatic carbocycles. The van der Waals surface area contributed by atoms with Gasteiger partial charge in [0.25, 0.3) is 0 Å². The van der Waals surface area contributed by atoms with E-state index in [4.69, 9.17) is 0 Å². The van der Waals surface area contributed by atoms with Gasteiger partial charge >= 0.3 is 0 Å². The molecule has 0 N–H and O–H groups in total. The van der Waals surface area contributed by atoms with Crippen molar-refractivity contribution in [1.29, 1.82) is 0 Å². The van der Waals surface area contributed by atoms with E-state index in [0.29, 0.717) is 22.3 Å². The Morgan fingerprint density at radius 1 is 0.727 bits per heavy atom. The molecule has 0 amide bonds. The average Bonchev–Trinajstić information content (AvgIpc) is 2.53. The van der Waals surface area contributed by atoms with Crippen LogP contribution in [0.3, 0.4) is 0 Å². The molecule has 0 heterocycles. The van der Waals surface area contributed by atoms with Gasteiger partial charge in [0.2, 0.25) is 0 Å². The van der Waals surface area contributed by atoms with Gasteiger partial charge < -0.3 is 0 Å². The van der Waals surface area contributed by atoms with Crippen molar-refractivity contribution in [2.45, 2.75) is 40.5 Å². The lowest BCUT2D eigenvalue weighted by molar-refractivity contribution is 0.0978. The van der Waals surface area contributed by atoms with Crippen LogP contribution in [0.4, 0.5) is 0 Å². The minimum atomic E-state index is -0.0110. The second-order valence-electron chi connectivity index (χ2n) is 5.87. The summed E-state index contributed by atoms with van der Waals surface area (Å²) in [5.41, 5.74) is 6.72. The molecule has 2 nitrogen and oxygen atoms in total. The van der Waals surface area contributed by atoms with Gasteiger partial charge in [0, 0.05) is 22.3 Å². The molecule has 0 saturated heterocycles. The molecule has 0 bridgehead atoms. The second kappa shape index (κ2) is 5.20. The quantitative estimate of drug-likeness (QED) is 0.709. The summed E-state index contributed by atoms with van der Waals surface area (Å²) in [6.45, 7) is 8.18. The van der Waals surface area contributed by atoms with Crippen LogP contribution in [0.1, 0.15) is 67.9 Å². The van der Waals surface area contributed by atoms with Gasteiger partial charge in [-0.1, -0.05) is 38.1 Å². The molecule has 0 spiro atoms. The topological polar surface area (TPSA) is 34.1 Å². The van der Waals surface area contributed by atoms with Crippen LogP contribution in [0.15, 0.2) is 24.3 Å². The first-order valence-corrected chi connectivity index (χ1v) is 7.86. The molecule has 2 aromatic rings. The van der Waals surface area contributed by atoms with Crippen LogP contribution in [0.25, 0.3) is 0 Å². The summed E-state index contributed by atoms with van der Waals surface area (Å²) >= 11 is 0. The minimum Gasteiger partial charge on any atom is -0.289 e. The molecule has 3 rings (SSSR count). The number of benzene rings is 2. The highest BCUT2D eigenvalue weighted by Crippen LogP contribution is 2.35. The normalized spacial score (nSPS) is 13.1. The Balaban J connectivity index is 2.43. The van der Waals surface area contributed by atoms with Gasteiger partial charge in [-0.25, -0.2) is 0 Å². The van der Waals surface area contributed by atoms with E-state index in [0.717, 1.165) is 24.0 Å². The highest BCUT2D eigenvalue weighted by atomic mass is 16.1. The summed E-state index contributed by atoms with van der Waals surface area (Å²) in [4.78, 5) is 25.9. The van der Waals surface area contributed by atoms with E-state index < -0.39 is 0 Å². The Labute approximate surface area is 131 Å². The van der Waals surface area contributed by atoms with E-state index in [2.05, 4.69) is 13.8 Å². The average molecular weight is 292 g/mol. The van der Waals surface area contributed by atoms with Crippen LogP contribution in [0.2, 0.25) is 0 Å². The zero-order valence-electron chi connectivity index (χ0n) is 13.5. The Morgan fingerprint density at radius 2 is 1.09 bits per heavy atom. The van der Waals surface area contributed by atoms with Gasteiger partial charge in [-0.15, -0.1) is 0 Å². The summed E-state index contributed by atoms with van der Waals surface area (Å²) in [6.07, 6.45) is 1.76. The van der Waals surface area contributed by atoms with E-state index in [1.54, 1.807) is 12.1 Å². The highest BCUT2D eigenvalue weighted by molar-refractivity contribution is 6.29. The smallest absolute Gasteiger partial charge is 0.194 e. The summed E-state index contributed by atoms with van der Waals surface area (Å²) in [5.74, 6) is -0.0219. The molecule has 22 heavy (non-hydrogen) atoms. The number of carbonyl (C=O) groups is 2. The lowest BCUT2D eigenvalue weighted by atomic mass is 9.76. The molecule has 0 atom stereocenters. The third-order valence-corrected chi connectivity index (χ3v) is 4.85. The van der Waals surface area contributed by atoms with E-state index >= 15 is 0 Å². The van der Waals surface area contributed by atoms with Crippen molar-refractivity contribution in [2.75, 3.05) is 0 Å². The Hall–Kier alpha value is -2.22. The van der Waals surface area contributed by atoms with Crippen LogP contribution >= 0.6 is 0 Å². The SMILES string of the molecule is CCc1c(C)c2c(c(C)c1CC)C(=O)c1ccccc1C2=O. The Bertz CT molecular complexity index is 745. The van der Waals surface area contributed by atoms with E-state index in [9.17, 15) is 9.59 Å². The van der Waals surface area contributed by atoms with Crippen LogP contribution < -0.4 is 0 Å². The lowest BCUT2D eigenvalue weighted by Gasteiger charge is -2.25. The van der Waals surface area contributed by atoms with Gasteiger partial charge in [-0.3, -0.25) is 9.59 Å². The van der Waals surface area contributed by atoms with Gasteiger partial charge in [0.15, 0.2) is 11.6 Å². The number of rotatable bonds is 2. The molecule has 0 aliphatic heterocycles. The summed E-state index contributed by atoms with van der Waals surface area (Å²) in [6, 6.07) is 7.15. The van der Waals surface area contributed by atoms with Gasteiger partial charge in [-0.2, -0.15) is 0 Å². The molecule has 0 fully saturated rings. The molecule has 0 unspecified atom stereocenters. The summed E-state index contributed by atoms with van der Waals surface area (Å²) < 4.78 is 0. The third-order valence-electron chi connectivity index (χ3n) is 4.85. The first kappa shape index (κ1) is 14.7. The van der Waals surface area contributed by atoms with Gasteiger partial charge in [0.1, 0.15) is 0 Å². The van der Waals surface area contributed by atoms with Crippen molar-refractivity contribution in [3.05, 3.63) is 68.8 Å². The van der Waals surface area contributed by atoms with Crippen molar-refractivity contribution in [2.24, 2.45) is 0 Å². The molecule has 1 aliphatic rings. The van der Waals surface area contributed by atoms with Gasteiger partial charge in [0.05, 0.1) is 0 Å². The fraction of sp³-hybridized carbons (Fsp3) is 0.300. The lowest BCUT2D eigenvalue weighted by Crippen LogP contribution is -2.25. The first-order valence-electron chi connectivity index (χ1n) is 7.86. The van der Waals surface area contributed by atoms with E-state index in [1.165, 1.54) is 11.1 Å². The number of hydrogen-bond acceptors (Lipinski definition) is 2. The van der Waals surface area contributed by atoms with E-state index in [-0.39, 0.29) is 11.6 Å². The van der Waals surface area contributed by atoms with Crippen molar-refractivity contribution >= 4 is 11.6 Å². The first-order chi connectivity index (χ1) is 10.5. The number of hydrogen-bond donors (Lipinski definition) is 0. The summed E-state index contributed by atoms with van der Waals surface area (Å²) in [5, 5.41) is 0. The van der Waals surface area contributed by atoms with Gasteiger partial charge in [-0.05, 0) is 48.9 Å². The molecular weight excluding hydrogens is 272 g/mol. The van der Waals surface area contributed by atoms with Crippen LogP contribution in [0.5, 0.6) is 0 Å². The summed E-state index contributed by atoms with van der Waals surface area (Å²) in [7, 11) is 0. The van der Waals surface area contributed by atoms with Crippen molar-refractivity contribution in [3.63, 3.8) is 0 Å². The van der Waals surface area contributed by atoms with E-state index in [1.807, 2.05) is 26.0 Å². The fourth-order valence-electron chi connectivity index (χ4n) is 3.80. The highest BCUT2D eigenvalue weighted by Gasteiger charge is 2.33. The number of carbonyl (C=O) groups excluding carboxylic acids is 2. The number of ketones is 2. The van der Waals surface area contributed by atoms with Crippen LogP contribution in [-0.2, 0) is 12.8 Å². The molecule has 2 aromatic carbocycles. The maximum atomic E-state index is 12.9. The largest absolute Gasteiger partial charge is 0.289 e. The van der Waals surface area contributed by atoms with Crippen molar-refractivity contribution in [3.8, 4) is 0 Å². The standard InChI is InChI=1S/C20H20O2/c1-5-13-11(3)17-18(12(4)14(13)6-2)20(22)16-10-8-7-9-15(16)19(17)21/h7-10H,5-6H2,1-4H3. The Kier molecular flexibility index (Phi) is 3.48. The van der Waals surface area contributed by atoms with Crippen LogP contribution in [0, 0.1) is 13.8 Å². The molecule has 0 saturated carbocycles. The minimum absolute atomic E-state index is 0.0110. The fourth-order valence-corrected chi connectivity index (χ4v) is 3.80. The predicted molar refractivity (Wildman–Crippen MR) is 88.0 cm³/mol. The Morgan fingerprint density at radius 3 is 1.41 bits per heavy atom. The zero-order valence-corrected chi connectivity index (χ0v) is 13.5. The molecule has 0 radical (unpaired) electrons. The monoisotopic (exact) mass is 292 g/mol. The third kappa shape index (κ3) is 1.80. The second-order valence-corrected chi connectivity index (χ2v) is 5.87.